The van der Waals surface area contributed by atoms with Crippen molar-refractivity contribution in [1.29, 1.82) is 0 Å². The maximum absolute atomic E-state index is 6.01. The Morgan fingerprint density at radius 2 is 1.89 bits per heavy atom. The van der Waals surface area contributed by atoms with Crippen molar-refractivity contribution < 1.29 is 0 Å². The molecule has 0 atom stereocenters. The van der Waals surface area contributed by atoms with Crippen LogP contribution in [-0.2, 0) is 0 Å². The lowest BCUT2D eigenvalue weighted by molar-refractivity contribution is 1.30. The monoisotopic (exact) mass is 343 g/mol. The molecular weight excluding hydrogens is 337 g/mol. The number of aromatic nitrogens is 1. The van der Waals surface area contributed by atoms with Gasteiger partial charge in [0.05, 0.1) is 20.2 Å². The summed E-state index contributed by atoms with van der Waals surface area (Å²) in [5, 5.41) is 0.973. The van der Waals surface area contributed by atoms with Gasteiger partial charge in [-0.15, -0.1) is 0 Å². The number of pyridine rings is 1. The van der Waals surface area contributed by atoms with Gasteiger partial charge in [0.1, 0.15) is 5.69 Å². The molecule has 92 valence electrons. The molecule has 1 heterocycles. The second-order valence-corrected chi connectivity index (χ2v) is 5.12. The Morgan fingerprint density at radius 1 is 1.22 bits per heavy atom. The average Bonchev–Trinajstić information content (AvgIpc) is 2.33. The smallest absolute Gasteiger partial charge is 0.100 e. The highest BCUT2D eigenvalue weighted by atomic mass is 79.9. The fraction of sp³-hybridized carbons (Fsp3) is 0. The molecule has 18 heavy (non-hydrogen) atoms. The van der Waals surface area contributed by atoms with E-state index in [-0.39, 0.29) is 0 Å². The van der Waals surface area contributed by atoms with E-state index < -0.39 is 0 Å². The van der Waals surface area contributed by atoms with E-state index in [1.807, 2.05) is 0 Å². The van der Waals surface area contributed by atoms with Crippen LogP contribution in [0.25, 0.3) is 0 Å². The summed E-state index contributed by atoms with van der Waals surface area (Å²) in [6, 6.07) is 5.21. The lowest BCUT2D eigenvalue weighted by Crippen LogP contribution is -1.95. The van der Waals surface area contributed by atoms with Crippen LogP contribution in [0.2, 0.25) is 10.0 Å². The number of rotatable bonds is 2. The van der Waals surface area contributed by atoms with Gasteiger partial charge in [0, 0.05) is 24.2 Å². The zero-order chi connectivity index (χ0) is 13.1. The molecule has 2 N–H and O–H groups in total. The number of para-hydroxylation sites is 1. The van der Waals surface area contributed by atoms with Crippen LogP contribution in [0.3, 0.4) is 0 Å². The zero-order valence-corrected chi connectivity index (χ0v) is 12.2. The Labute approximate surface area is 123 Å². The SMILES string of the molecule is Nc1c(Br)cncc1C=Nc1c(Cl)cccc1Cl. The van der Waals surface area contributed by atoms with Crippen LogP contribution < -0.4 is 5.73 Å². The quantitative estimate of drug-likeness (QED) is 0.816. The number of anilines is 1. The fourth-order valence-corrected chi connectivity index (χ4v) is 2.15. The molecule has 6 heteroatoms. The van der Waals surface area contributed by atoms with Crippen molar-refractivity contribution in [3.63, 3.8) is 0 Å². The molecular formula is C12H8BrCl2N3. The van der Waals surface area contributed by atoms with E-state index in [1.54, 1.807) is 36.8 Å². The number of nitrogen functional groups attached to an aromatic ring is 1. The molecule has 0 saturated carbocycles. The molecule has 0 radical (unpaired) electrons. The van der Waals surface area contributed by atoms with Crippen LogP contribution in [0.15, 0.2) is 40.1 Å². The highest BCUT2D eigenvalue weighted by Gasteiger charge is 2.04. The number of nitrogens with two attached hydrogens (primary N) is 1. The van der Waals surface area contributed by atoms with Crippen molar-refractivity contribution in [2.45, 2.75) is 0 Å². The highest BCUT2D eigenvalue weighted by molar-refractivity contribution is 9.10. The first kappa shape index (κ1) is 13.3. The number of aliphatic imine (C=N–C) groups is 1. The maximum atomic E-state index is 6.01. The zero-order valence-electron chi connectivity index (χ0n) is 9.07. The molecule has 0 spiro atoms. The predicted octanol–water partition coefficient (Wildman–Crippen LogP) is 4.48. The van der Waals surface area contributed by atoms with Crippen molar-refractivity contribution in [3.8, 4) is 0 Å². The average molecular weight is 345 g/mol. The minimum absolute atomic E-state index is 0.486. The van der Waals surface area contributed by atoms with Crippen LogP contribution in [-0.4, -0.2) is 11.2 Å². The molecule has 1 aromatic carbocycles. The Balaban J connectivity index is 2.39. The summed E-state index contributed by atoms with van der Waals surface area (Å²) < 4.78 is 0.719. The number of hydrogen-bond acceptors (Lipinski definition) is 3. The van der Waals surface area contributed by atoms with E-state index in [4.69, 9.17) is 28.9 Å². The molecule has 0 aliphatic rings. The van der Waals surface area contributed by atoms with E-state index in [9.17, 15) is 0 Å². The molecule has 0 fully saturated rings. The predicted molar refractivity (Wildman–Crippen MR) is 80.1 cm³/mol. The third kappa shape index (κ3) is 2.83. The second-order valence-electron chi connectivity index (χ2n) is 3.45. The van der Waals surface area contributed by atoms with E-state index in [1.165, 1.54) is 0 Å². The number of nitrogens with zero attached hydrogens (tertiary/aromatic N) is 2. The standard InChI is InChI=1S/C12H8BrCl2N3/c13-8-6-17-4-7(11(8)16)5-18-12-9(14)2-1-3-10(12)15/h1-6H,(H2,16,17). The first-order valence-electron chi connectivity index (χ1n) is 4.96. The molecule has 0 saturated heterocycles. The second kappa shape index (κ2) is 5.69. The molecule has 0 aliphatic heterocycles. The molecule has 1 aromatic heterocycles. The van der Waals surface area contributed by atoms with Gasteiger partial charge in [0.15, 0.2) is 0 Å². The molecule has 0 unspecified atom stereocenters. The molecule has 0 amide bonds. The topological polar surface area (TPSA) is 51.3 Å². The van der Waals surface area contributed by atoms with Gasteiger partial charge in [0.25, 0.3) is 0 Å². The third-order valence-corrected chi connectivity index (χ3v) is 3.48. The summed E-state index contributed by atoms with van der Waals surface area (Å²) in [6.45, 7) is 0. The Hall–Kier alpha value is -1.10. The molecule has 2 aromatic rings. The Morgan fingerprint density at radius 3 is 2.56 bits per heavy atom. The van der Waals surface area contributed by atoms with E-state index >= 15 is 0 Å². The van der Waals surface area contributed by atoms with Crippen LogP contribution in [0.1, 0.15) is 5.56 Å². The van der Waals surface area contributed by atoms with Gasteiger partial charge in [-0.25, -0.2) is 0 Å². The van der Waals surface area contributed by atoms with Gasteiger partial charge < -0.3 is 5.73 Å². The minimum Gasteiger partial charge on any atom is -0.397 e. The molecule has 0 aliphatic carbocycles. The summed E-state index contributed by atoms with van der Waals surface area (Å²) in [5.74, 6) is 0. The molecule has 0 bridgehead atoms. The normalized spacial score (nSPS) is 11.1. The summed E-state index contributed by atoms with van der Waals surface area (Å²) >= 11 is 15.3. The number of benzene rings is 1. The van der Waals surface area contributed by atoms with Crippen molar-refractivity contribution in [1.82, 2.24) is 4.98 Å². The van der Waals surface area contributed by atoms with Crippen LogP contribution in [0, 0.1) is 0 Å². The summed E-state index contributed by atoms with van der Waals surface area (Å²) in [4.78, 5) is 8.27. The summed E-state index contributed by atoms with van der Waals surface area (Å²) in [6.07, 6.45) is 4.82. The fourth-order valence-electron chi connectivity index (χ4n) is 1.31. The highest BCUT2D eigenvalue weighted by Crippen LogP contribution is 2.32. The van der Waals surface area contributed by atoms with Crippen LogP contribution in [0.4, 0.5) is 11.4 Å². The lowest BCUT2D eigenvalue weighted by Gasteiger charge is -2.03. The van der Waals surface area contributed by atoms with Crippen molar-refractivity contribution in [2.75, 3.05) is 5.73 Å². The van der Waals surface area contributed by atoms with Crippen molar-refractivity contribution >= 4 is 56.7 Å². The Bertz CT molecular complexity index is 594. The van der Waals surface area contributed by atoms with E-state index in [0.717, 1.165) is 4.47 Å². The summed E-state index contributed by atoms with van der Waals surface area (Å²) in [7, 11) is 0. The van der Waals surface area contributed by atoms with Gasteiger partial charge in [-0.05, 0) is 28.1 Å². The third-order valence-electron chi connectivity index (χ3n) is 2.24. The molecule has 3 nitrogen and oxygen atoms in total. The molecule has 2 rings (SSSR count). The van der Waals surface area contributed by atoms with Crippen LogP contribution >= 0.6 is 39.1 Å². The minimum atomic E-state index is 0.486. The summed E-state index contributed by atoms with van der Waals surface area (Å²) in [5.41, 5.74) is 7.65. The first-order chi connectivity index (χ1) is 8.59. The first-order valence-corrected chi connectivity index (χ1v) is 6.51. The largest absolute Gasteiger partial charge is 0.397 e. The van der Waals surface area contributed by atoms with Gasteiger partial charge in [-0.3, -0.25) is 9.98 Å². The van der Waals surface area contributed by atoms with Gasteiger partial charge in [-0.1, -0.05) is 29.3 Å². The van der Waals surface area contributed by atoms with Crippen molar-refractivity contribution in [3.05, 3.63) is 50.7 Å². The van der Waals surface area contributed by atoms with Gasteiger partial charge in [-0.2, -0.15) is 0 Å². The van der Waals surface area contributed by atoms with E-state index in [2.05, 4.69) is 25.9 Å². The van der Waals surface area contributed by atoms with Gasteiger partial charge in [0.2, 0.25) is 0 Å². The number of hydrogen-bond donors (Lipinski definition) is 1. The van der Waals surface area contributed by atoms with Gasteiger partial charge >= 0.3 is 0 Å². The maximum Gasteiger partial charge on any atom is 0.100 e. The van der Waals surface area contributed by atoms with Crippen molar-refractivity contribution in [2.24, 2.45) is 4.99 Å². The Kier molecular flexibility index (Phi) is 4.22. The van der Waals surface area contributed by atoms with E-state index in [0.29, 0.717) is 27.0 Å². The van der Waals surface area contributed by atoms with Crippen LogP contribution in [0.5, 0.6) is 0 Å². The lowest BCUT2D eigenvalue weighted by atomic mass is 10.2. The number of halogens is 3.